The van der Waals surface area contributed by atoms with Gasteiger partial charge < -0.3 is 14.9 Å². The van der Waals surface area contributed by atoms with E-state index in [9.17, 15) is 19.2 Å². The fourth-order valence-electron chi connectivity index (χ4n) is 4.03. The number of aliphatic carboxylic acids is 2. The zero-order chi connectivity index (χ0) is 24.5. The molecule has 33 heavy (non-hydrogen) atoms. The van der Waals surface area contributed by atoms with E-state index in [4.69, 9.17) is 10.2 Å². The highest BCUT2D eigenvalue weighted by molar-refractivity contribution is 6.11. The summed E-state index contributed by atoms with van der Waals surface area (Å²) in [6.45, 7) is 1.66. The highest BCUT2D eigenvalue weighted by Crippen LogP contribution is 2.23. The first-order valence-electron chi connectivity index (χ1n) is 12.4. The molecule has 0 spiro atoms. The van der Waals surface area contributed by atoms with Gasteiger partial charge in [0.1, 0.15) is 0 Å². The van der Waals surface area contributed by atoms with Gasteiger partial charge in [-0.05, 0) is 32.6 Å². The second kappa shape index (κ2) is 17.1. The Morgan fingerprint density at radius 1 is 0.727 bits per heavy atom. The number of esters is 2. The van der Waals surface area contributed by atoms with Gasteiger partial charge in [-0.3, -0.25) is 4.79 Å². The number of carboxylic acids is 2. The largest absolute Gasteiger partial charge is 0.481 e. The highest BCUT2D eigenvalue weighted by Gasteiger charge is 2.28. The van der Waals surface area contributed by atoms with Crippen molar-refractivity contribution >= 4 is 23.9 Å². The number of carboxylic acid groups (broad SMARTS) is 2. The van der Waals surface area contributed by atoms with Crippen LogP contribution in [0.5, 0.6) is 0 Å². The molecule has 1 aliphatic heterocycles. The number of cyclic esters (lactones) is 2. The molecule has 0 unspecified atom stereocenters. The summed E-state index contributed by atoms with van der Waals surface area (Å²) in [5.74, 6) is -3.21. The van der Waals surface area contributed by atoms with E-state index in [1.165, 1.54) is 51.4 Å². The molecular formula is C26H40O7. The van der Waals surface area contributed by atoms with Crippen LogP contribution >= 0.6 is 0 Å². The maximum absolute atomic E-state index is 11.5. The molecule has 0 atom stereocenters. The number of hydrogen-bond acceptors (Lipinski definition) is 5. The van der Waals surface area contributed by atoms with Crippen molar-refractivity contribution in [1.29, 1.82) is 0 Å². The van der Waals surface area contributed by atoms with Crippen molar-refractivity contribution in [3.05, 3.63) is 22.8 Å². The summed E-state index contributed by atoms with van der Waals surface area (Å²) in [6.07, 6.45) is 18.6. The second-order valence-corrected chi connectivity index (χ2v) is 8.87. The SMILES string of the molecule is CC1=C(CCCCCCCCCCCCCCCC/C=C(/CC(=O)O)C(=O)O)C(=O)OC1=O. The molecule has 0 amide bonds. The van der Waals surface area contributed by atoms with E-state index < -0.39 is 30.3 Å². The Balaban J connectivity index is 1.86. The van der Waals surface area contributed by atoms with Crippen molar-refractivity contribution in [3.63, 3.8) is 0 Å². The monoisotopic (exact) mass is 464 g/mol. The highest BCUT2D eigenvalue weighted by atomic mass is 16.6. The van der Waals surface area contributed by atoms with Gasteiger partial charge in [0.15, 0.2) is 0 Å². The Hall–Kier alpha value is -2.44. The lowest BCUT2D eigenvalue weighted by Gasteiger charge is -2.04. The molecule has 0 aromatic carbocycles. The third-order valence-corrected chi connectivity index (χ3v) is 6.08. The van der Waals surface area contributed by atoms with Gasteiger partial charge in [-0.25, -0.2) is 14.4 Å². The number of unbranched alkanes of at least 4 members (excludes halogenated alkanes) is 14. The molecule has 0 aliphatic carbocycles. The molecule has 0 saturated heterocycles. The van der Waals surface area contributed by atoms with Gasteiger partial charge in [-0.2, -0.15) is 0 Å². The quantitative estimate of drug-likeness (QED) is 0.0965. The van der Waals surface area contributed by atoms with Crippen molar-refractivity contribution in [2.75, 3.05) is 0 Å². The Kier molecular flexibility index (Phi) is 14.8. The first-order chi connectivity index (χ1) is 15.8. The van der Waals surface area contributed by atoms with E-state index in [1.54, 1.807) is 13.0 Å². The van der Waals surface area contributed by atoms with Gasteiger partial charge in [-0.15, -0.1) is 0 Å². The van der Waals surface area contributed by atoms with Crippen LogP contribution in [0.3, 0.4) is 0 Å². The van der Waals surface area contributed by atoms with E-state index in [0.717, 1.165) is 38.5 Å². The second-order valence-electron chi connectivity index (χ2n) is 8.87. The van der Waals surface area contributed by atoms with Gasteiger partial charge in [0, 0.05) is 16.7 Å². The molecule has 1 rings (SSSR count). The lowest BCUT2D eigenvalue weighted by Crippen LogP contribution is -2.06. The topological polar surface area (TPSA) is 118 Å². The van der Waals surface area contributed by atoms with Gasteiger partial charge in [-0.1, -0.05) is 83.1 Å². The number of hydrogen-bond donors (Lipinski definition) is 2. The lowest BCUT2D eigenvalue weighted by molar-refractivity contribution is -0.151. The predicted octanol–water partition coefficient (Wildman–Crippen LogP) is 6.11. The van der Waals surface area contributed by atoms with Crippen LogP contribution in [0.2, 0.25) is 0 Å². The standard InChI is InChI=1S/C26H40O7/c1-20-22(26(32)33-25(20)31)18-16-14-12-10-8-6-4-2-3-5-7-9-11-13-15-17-21(24(29)30)19-23(27)28/h17H,2-16,18-19H2,1H3,(H,27,28)(H,29,30)/b21-17-. The van der Waals surface area contributed by atoms with E-state index in [2.05, 4.69) is 4.74 Å². The van der Waals surface area contributed by atoms with Crippen LogP contribution in [0.4, 0.5) is 0 Å². The summed E-state index contributed by atoms with van der Waals surface area (Å²) in [5, 5.41) is 17.6. The normalized spacial score (nSPS) is 14.2. The zero-order valence-electron chi connectivity index (χ0n) is 20.0. The molecule has 2 N–H and O–H groups in total. The Bertz CT molecular complexity index is 718. The Morgan fingerprint density at radius 2 is 1.18 bits per heavy atom. The van der Waals surface area contributed by atoms with Crippen molar-refractivity contribution in [3.8, 4) is 0 Å². The molecule has 0 saturated carbocycles. The molecule has 0 radical (unpaired) electrons. The van der Waals surface area contributed by atoms with Crippen molar-refractivity contribution in [2.45, 2.75) is 116 Å². The Labute approximate surface area is 197 Å². The summed E-state index contributed by atoms with van der Waals surface area (Å²) in [7, 11) is 0. The molecule has 186 valence electrons. The van der Waals surface area contributed by atoms with Crippen LogP contribution in [0.15, 0.2) is 22.8 Å². The fourth-order valence-corrected chi connectivity index (χ4v) is 4.03. The predicted molar refractivity (Wildman–Crippen MR) is 126 cm³/mol. The number of allylic oxidation sites excluding steroid dienone is 1. The van der Waals surface area contributed by atoms with Crippen LogP contribution in [0, 0.1) is 0 Å². The van der Waals surface area contributed by atoms with Crippen molar-refractivity contribution < 1.29 is 34.1 Å². The van der Waals surface area contributed by atoms with Gasteiger partial charge in [0.25, 0.3) is 0 Å². The summed E-state index contributed by atoms with van der Waals surface area (Å²) < 4.78 is 4.60. The van der Waals surface area contributed by atoms with Crippen LogP contribution in [-0.4, -0.2) is 34.1 Å². The average molecular weight is 465 g/mol. The molecule has 0 aromatic heterocycles. The molecule has 0 fully saturated rings. The number of ether oxygens (including phenoxy) is 1. The number of rotatable bonds is 20. The molecule has 0 bridgehead atoms. The molecule has 0 aromatic rings. The zero-order valence-corrected chi connectivity index (χ0v) is 20.0. The molecule has 1 heterocycles. The number of carbonyl (C=O) groups is 4. The fraction of sp³-hybridized carbons (Fsp3) is 0.692. The van der Waals surface area contributed by atoms with E-state index in [1.807, 2.05) is 0 Å². The molecular weight excluding hydrogens is 424 g/mol. The minimum Gasteiger partial charge on any atom is -0.481 e. The molecule has 7 heteroatoms. The van der Waals surface area contributed by atoms with Gasteiger partial charge in [0.2, 0.25) is 0 Å². The smallest absolute Gasteiger partial charge is 0.342 e. The maximum Gasteiger partial charge on any atom is 0.342 e. The minimum absolute atomic E-state index is 0.0245. The summed E-state index contributed by atoms with van der Waals surface area (Å²) >= 11 is 0. The third kappa shape index (κ3) is 13.0. The van der Waals surface area contributed by atoms with Gasteiger partial charge in [0.05, 0.1) is 6.42 Å². The van der Waals surface area contributed by atoms with E-state index in [-0.39, 0.29) is 5.57 Å². The van der Waals surface area contributed by atoms with Crippen molar-refractivity contribution in [2.24, 2.45) is 0 Å². The first-order valence-corrected chi connectivity index (χ1v) is 12.4. The van der Waals surface area contributed by atoms with Crippen LogP contribution in [-0.2, 0) is 23.9 Å². The Morgan fingerprint density at radius 3 is 1.58 bits per heavy atom. The summed E-state index contributed by atoms with van der Waals surface area (Å²) in [5.41, 5.74) is 1.00. The third-order valence-electron chi connectivity index (χ3n) is 6.08. The van der Waals surface area contributed by atoms with Crippen LogP contribution in [0.1, 0.15) is 116 Å². The van der Waals surface area contributed by atoms with E-state index >= 15 is 0 Å². The summed E-state index contributed by atoms with van der Waals surface area (Å²) in [4.78, 5) is 44.4. The van der Waals surface area contributed by atoms with E-state index in [0.29, 0.717) is 24.0 Å². The average Bonchev–Trinajstić information content (AvgIpc) is 3.00. The molecule has 7 nitrogen and oxygen atoms in total. The molecule has 1 aliphatic rings. The first kappa shape index (κ1) is 28.6. The van der Waals surface area contributed by atoms with Crippen molar-refractivity contribution in [1.82, 2.24) is 0 Å². The van der Waals surface area contributed by atoms with Gasteiger partial charge >= 0.3 is 23.9 Å². The van der Waals surface area contributed by atoms with Crippen LogP contribution in [0.25, 0.3) is 0 Å². The van der Waals surface area contributed by atoms with Crippen LogP contribution < -0.4 is 0 Å². The lowest BCUT2D eigenvalue weighted by atomic mass is 10.0. The minimum atomic E-state index is -1.14. The summed E-state index contributed by atoms with van der Waals surface area (Å²) in [6, 6.07) is 0. The maximum atomic E-state index is 11.5. The number of carbonyl (C=O) groups excluding carboxylic acids is 2.